The van der Waals surface area contributed by atoms with E-state index >= 15 is 0 Å². The molecule has 1 aromatic rings. The summed E-state index contributed by atoms with van der Waals surface area (Å²) in [5, 5.41) is 12.5. The van der Waals surface area contributed by atoms with Crippen molar-refractivity contribution in [3.8, 4) is 0 Å². The van der Waals surface area contributed by atoms with E-state index in [-0.39, 0.29) is 36.3 Å². The fraction of sp³-hybridized carbons (Fsp3) is 0.750. The molecule has 4 rings (SSSR count). The van der Waals surface area contributed by atoms with Gasteiger partial charge in [0.1, 0.15) is 0 Å². The number of carbonyl (C=O) groups excluding carboxylic acids is 1. The third-order valence-electron chi connectivity index (χ3n) is 7.03. The minimum absolute atomic E-state index is 0. The molecule has 0 radical (unpaired) electrons. The third-order valence-corrected chi connectivity index (χ3v) is 7.80. The Kier molecular flexibility index (Phi) is 6.67. The number of halogens is 1. The molecule has 1 aromatic heterocycles. The summed E-state index contributed by atoms with van der Waals surface area (Å²) in [6.45, 7) is 3.16. The number of aromatic nitrogens is 1. The highest BCUT2D eigenvalue weighted by atomic mass is 35.5. The molecule has 8 heteroatoms. The molecule has 3 atom stereocenters. The van der Waals surface area contributed by atoms with Crippen LogP contribution in [0.4, 0.5) is 5.13 Å². The van der Waals surface area contributed by atoms with Crippen molar-refractivity contribution in [3.63, 3.8) is 0 Å². The average Bonchev–Trinajstić information content (AvgIpc) is 3.38. The number of thiazole rings is 1. The quantitative estimate of drug-likeness (QED) is 0.773. The van der Waals surface area contributed by atoms with Gasteiger partial charge in [-0.25, -0.2) is 4.98 Å². The molecule has 6 nitrogen and oxygen atoms in total. The predicted molar refractivity (Wildman–Crippen MR) is 112 cm³/mol. The van der Waals surface area contributed by atoms with Crippen molar-refractivity contribution in [3.05, 3.63) is 11.6 Å². The second kappa shape index (κ2) is 8.67. The summed E-state index contributed by atoms with van der Waals surface area (Å²) in [7, 11) is 0. The molecule has 0 bridgehead atoms. The van der Waals surface area contributed by atoms with Crippen LogP contribution in [0.5, 0.6) is 0 Å². The number of anilines is 1. The Labute approximate surface area is 176 Å². The van der Waals surface area contributed by atoms with Crippen LogP contribution >= 0.6 is 23.7 Å². The lowest BCUT2D eigenvalue weighted by atomic mass is 9.81. The van der Waals surface area contributed by atoms with Gasteiger partial charge in [0.2, 0.25) is 5.91 Å². The highest BCUT2D eigenvalue weighted by Gasteiger charge is 2.56. The maximum absolute atomic E-state index is 13.5. The minimum Gasteiger partial charge on any atom is -0.481 e. The number of hydrogen-bond acceptors (Lipinski definition) is 5. The molecule has 0 spiro atoms. The lowest BCUT2D eigenvalue weighted by Crippen LogP contribution is -2.51. The zero-order valence-electron chi connectivity index (χ0n) is 16.4. The van der Waals surface area contributed by atoms with Crippen molar-refractivity contribution in [2.75, 3.05) is 18.0 Å². The molecule has 1 unspecified atom stereocenters. The Morgan fingerprint density at radius 1 is 1.29 bits per heavy atom. The molecular formula is C20H30ClN3O3S. The van der Waals surface area contributed by atoms with Gasteiger partial charge in [-0.1, -0.05) is 25.7 Å². The van der Waals surface area contributed by atoms with E-state index in [1.807, 2.05) is 17.2 Å². The van der Waals surface area contributed by atoms with E-state index in [4.69, 9.17) is 0 Å². The molecule has 2 heterocycles. The van der Waals surface area contributed by atoms with Crippen LogP contribution in [0.25, 0.3) is 0 Å². The summed E-state index contributed by atoms with van der Waals surface area (Å²) in [6.07, 6.45) is 10.0. The van der Waals surface area contributed by atoms with Crippen LogP contribution in [0.1, 0.15) is 58.3 Å². The summed E-state index contributed by atoms with van der Waals surface area (Å²) in [4.78, 5) is 34.0. The predicted octanol–water partition coefficient (Wildman–Crippen LogP) is 3.81. The van der Waals surface area contributed by atoms with Crippen molar-refractivity contribution in [1.29, 1.82) is 0 Å². The Bertz CT molecular complexity index is 695. The van der Waals surface area contributed by atoms with Gasteiger partial charge in [0.05, 0.1) is 11.5 Å². The van der Waals surface area contributed by atoms with Gasteiger partial charge in [-0.2, -0.15) is 0 Å². The Morgan fingerprint density at radius 2 is 2.04 bits per heavy atom. The standard InChI is InChI=1S/C20H29N3O3S.ClH/c1-14(22-12-15-6-5-9-20(15,13-22)18(25)26)17(24)23(19-21-10-11-27-19)16-7-3-2-4-8-16;/h10-11,14-16H,2-9,12-13H2,1H3,(H,25,26);1H/t14?,15-,20+;/m0./s1. The lowest BCUT2D eigenvalue weighted by Gasteiger charge is -2.36. The summed E-state index contributed by atoms with van der Waals surface area (Å²) in [5.74, 6) is -0.429. The van der Waals surface area contributed by atoms with Crippen LogP contribution in [0.2, 0.25) is 0 Å². The topological polar surface area (TPSA) is 73.7 Å². The first kappa shape index (κ1) is 21.5. The number of rotatable bonds is 5. The Morgan fingerprint density at radius 3 is 2.64 bits per heavy atom. The van der Waals surface area contributed by atoms with E-state index in [9.17, 15) is 14.7 Å². The monoisotopic (exact) mass is 427 g/mol. The number of aliphatic carboxylic acids is 1. The van der Waals surface area contributed by atoms with Gasteiger partial charge in [0.15, 0.2) is 5.13 Å². The molecule has 1 saturated heterocycles. The van der Waals surface area contributed by atoms with E-state index in [0.717, 1.165) is 56.6 Å². The average molecular weight is 428 g/mol. The smallest absolute Gasteiger partial charge is 0.311 e. The molecule has 1 amide bonds. The number of amides is 1. The van der Waals surface area contributed by atoms with Crippen LogP contribution < -0.4 is 4.90 Å². The fourth-order valence-electron chi connectivity index (χ4n) is 5.43. The van der Waals surface area contributed by atoms with Crippen LogP contribution in [-0.4, -0.2) is 52.0 Å². The van der Waals surface area contributed by atoms with Crippen LogP contribution in [-0.2, 0) is 9.59 Å². The number of hydrogen-bond donors (Lipinski definition) is 1. The number of carboxylic acid groups (broad SMARTS) is 1. The number of carboxylic acids is 1. The minimum atomic E-state index is -0.684. The van der Waals surface area contributed by atoms with Crippen molar-refractivity contribution in [1.82, 2.24) is 9.88 Å². The van der Waals surface area contributed by atoms with E-state index in [0.29, 0.717) is 6.54 Å². The first-order valence-corrected chi connectivity index (χ1v) is 11.1. The number of likely N-dealkylation sites (tertiary alicyclic amines) is 1. The van der Waals surface area contributed by atoms with Crippen molar-refractivity contribution < 1.29 is 14.7 Å². The molecule has 3 fully saturated rings. The van der Waals surface area contributed by atoms with Crippen molar-refractivity contribution >= 4 is 40.8 Å². The second-order valence-electron chi connectivity index (χ2n) is 8.47. The Hall–Kier alpha value is -1.18. The molecule has 1 N–H and O–H groups in total. The molecule has 0 aromatic carbocycles. The number of fused-ring (bicyclic) bond motifs is 1. The number of carbonyl (C=O) groups is 2. The molecule has 3 aliphatic rings. The van der Waals surface area contributed by atoms with E-state index in [1.165, 1.54) is 17.8 Å². The molecule has 156 valence electrons. The molecule has 2 saturated carbocycles. The van der Waals surface area contributed by atoms with Crippen molar-refractivity contribution in [2.24, 2.45) is 11.3 Å². The van der Waals surface area contributed by atoms with Gasteiger partial charge in [-0.15, -0.1) is 23.7 Å². The summed E-state index contributed by atoms with van der Waals surface area (Å²) in [6, 6.07) is -0.0898. The van der Waals surface area contributed by atoms with Gasteiger partial charge in [-0.3, -0.25) is 19.4 Å². The zero-order valence-corrected chi connectivity index (χ0v) is 18.0. The molecular weight excluding hydrogens is 398 g/mol. The van der Waals surface area contributed by atoms with E-state index in [1.54, 1.807) is 6.20 Å². The largest absolute Gasteiger partial charge is 0.481 e. The third kappa shape index (κ3) is 3.68. The van der Waals surface area contributed by atoms with Crippen LogP contribution in [0.15, 0.2) is 11.6 Å². The lowest BCUT2D eigenvalue weighted by molar-refractivity contribution is -0.149. The van der Waals surface area contributed by atoms with Gasteiger partial charge < -0.3 is 5.11 Å². The second-order valence-corrected chi connectivity index (χ2v) is 9.34. The van der Waals surface area contributed by atoms with E-state index < -0.39 is 11.4 Å². The van der Waals surface area contributed by atoms with Gasteiger partial charge in [0.25, 0.3) is 0 Å². The van der Waals surface area contributed by atoms with Crippen LogP contribution in [0, 0.1) is 11.3 Å². The summed E-state index contributed by atoms with van der Waals surface area (Å²) < 4.78 is 0. The first-order valence-electron chi connectivity index (χ1n) is 10.2. The highest BCUT2D eigenvalue weighted by Crippen LogP contribution is 2.49. The molecule has 1 aliphatic heterocycles. The normalized spacial score (nSPS) is 29.1. The van der Waals surface area contributed by atoms with Crippen LogP contribution in [0.3, 0.4) is 0 Å². The SMILES string of the molecule is CC(C(=O)N(c1nccs1)C1CCCCC1)N1C[C@@H]2CCC[C@@]2(C(=O)O)C1.Cl. The summed E-state index contributed by atoms with van der Waals surface area (Å²) >= 11 is 1.52. The van der Waals surface area contributed by atoms with Gasteiger partial charge in [0, 0.05) is 30.7 Å². The summed E-state index contributed by atoms with van der Waals surface area (Å²) in [5.41, 5.74) is -0.647. The zero-order chi connectivity index (χ0) is 19.0. The maximum Gasteiger partial charge on any atom is 0.311 e. The highest BCUT2D eigenvalue weighted by molar-refractivity contribution is 7.13. The number of nitrogens with zero attached hydrogens (tertiary/aromatic N) is 3. The Balaban J connectivity index is 0.00000225. The molecule has 28 heavy (non-hydrogen) atoms. The molecule has 2 aliphatic carbocycles. The van der Waals surface area contributed by atoms with Gasteiger partial charge in [-0.05, 0) is 38.5 Å². The van der Waals surface area contributed by atoms with E-state index in [2.05, 4.69) is 9.88 Å². The van der Waals surface area contributed by atoms with Crippen molar-refractivity contribution in [2.45, 2.75) is 70.4 Å². The maximum atomic E-state index is 13.5. The fourth-order valence-corrected chi connectivity index (χ4v) is 6.15. The van der Waals surface area contributed by atoms with Gasteiger partial charge >= 0.3 is 5.97 Å². The first-order chi connectivity index (χ1) is 13.0.